The van der Waals surface area contributed by atoms with Crippen molar-refractivity contribution < 1.29 is 23.9 Å². The van der Waals surface area contributed by atoms with Gasteiger partial charge in [-0.3, -0.25) is 23.7 Å². The van der Waals surface area contributed by atoms with Crippen molar-refractivity contribution in [2.24, 2.45) is 5.92 Å². The van der Waals surface area contributed by atoms with Crippen LogP contribution >= 0.6 is 0 Å². The summed E-state index contributed by atoms with van der Waals surface area (Å²) in [5.74, 6) is -3.01. The third-order valence-corrected chi connectivity index (χ3v) is 7.24. The molecule has 0 atom stereocenters. The van der Waals surface area contributed by atoms with E-state index in [9.17, 15) is 28.7 Å². The van der Waals surface area contributed by atoms with Gasteiger partial charge in [0.05, 0.1) is 5.54 Å². The average Bonchev–Trinajstić information content (AvgIpc) is 3.05. The van der Waals surface area contributed by atoms with Crippen molar-refractivity contribution in [3.05, 3.63) is 57.5 Å². The fraction of sp³-hybridized carbons (Fsp3) is 0.458. The fourth-order valence-corrected chi connectivity index (χ4v) is 5.06. The second-order valence-electron chi connectivity index (χ2n) is 9.48. The molecule has 3 N–H and O–H groups in total. The Hall–Kier alpha value is -3.76. The van der Waals surface area contributed by atoms with Crippen molar-refractivity contribution in [1.29, 1.82) is 0 Å². The first-order valence-electron chi connectivity index (χ1n) is 11.8. The van der Waals surface area contributed by atoms with Gasteiger partial charge in [0.1, 0.15) is 11.6 Å². The third-order valence-electron chi connectivity index (χ3n) is 7.24. The minimum Gasteiger partial charge on any atom is -0.501 e. The van der Waals surface area contributed by atoms with Gasteiger partial charge in [-0.05, 0) is 55.7 Å². The molecule has 35 heavy (non-hydrogen) atoms. The van der Waals surface area contributed by atoms with Crippen molar-refractivity contribution in [3.63, 3.8) is 0 Å². The minimum atomic E-state index is -1.09. The number of likely N-dealkylation sites (tertiary alicyclic amines) is 1. The number of aromatic nitrogens is 2. The lowest BCUT2D eigenvalue weighted by Crippen LogP contribution is -2.56. The molecule has 10 nitrogen and oxygen atoms in total. The Morgan fingerprint density at radius 2 is 1.83 bits per heavy atom. The molecular weight excluding hydrogens is 457 g/mol. The number of benzene rings is 1. The molecule has 2 aromatic rings. The fourth-order valence-electron chi connectivity index (χ4n) is 5.06. The molecule has 0 unspecified atom stereocenters. The maximum Gasteiger partial charge on any atom is 0.311 e. The smallest absolute Gasteiger partial charge is 0.311 e. The van der Waals surface area contributed by atoms with E-state index in [-0.39, 0.29) is 18.3 Å². The number of nitrogens with one attached hydrogen (secondary N) is 2. The van der Waals surface area contributed by atoms with E-state index in [4.69, 9.17) is 0 Å². The van der Waals surface area contributed by atoms with E-state index in [1.54, 1.807) is 0 Å². The minimum absolute atomic E-state index is 0.0347. The first kappa shape index (κ1) is 23.0. The topological polar surface area (TPSA) is 134 Å². The highest BCUT2D eigenvalue weighted by molar-refractivity contribution is 6.35. The van der Waals surface area contributed by atoms with Crippen molar-refractivity contribution in [1.82, 2.24) is 25.1 Å². The number of amides is 3. The van der Waals surface area contributed by atoms with Crippen LogP contribution in [-0.2, 0) is 28.2 Å². The number of carbonyl (C=O) groups is 3. The van der Waals surface area contributed by atoms with Gasteiger partial charge in [-0.15, -0.1) is 0 Å². The lowest BCUT2D eigenvalue weighted by molar-refractivity contribution is -0.149. The molecule has 1 saturated heterocycles. The number of hydrogen-bond donors (Lipinski definition) is 3. The molecule has 1 aromatic heterocycles. The zero-order valence-electron chi connectivity index (χ0n) is 19.1. The first-order chi connectivity index (χ1) is 16.8. The summed E-state index contributed by atoms with van der Waals surface area (Å²) < 4.78 is 14.5. The number of nitrogens with zero attached hydrogens (tertiary/aromatic N) is 3. The Bertz CT molecular complexity index is 1250. The van der Waals surface area contributed by atoms with Crippen molar-refractivity contribution in [3.8, 4) is 5.75 Å². The van der Waals surface area contributed by atoms with Gasteiger partial charge in [0, 0.05) is 26.2 Å². The number of hydrogen-bond acceptors (Lipinski definition) is 6. The quantitative estimate of drug-likeness (QED) is 0.550. The highest BCUT2D eigenvalue weighted by Gasteiger charge is 2.47. The van der Waals surface area contributed by atoms with E-state index >= 15 is 0 Å². The zero-order valence-corrected chi connectivity index (χ0v) is 19.1. The molecule has 2 fully saturated rings. The lowest BCUT2D eigenvalue weighted by Gasteiger charge is -2.38. The maximum atomic E-state index is 13.1. The Kier molecular flexibility index (Phi) is 5.78. The van der Waals surface area contributed by atoms with Crippen molar-refractivity contribution in [2.75, 3.05) is 13.1 Å². The van der Waals surface area contributed by atoms with Crippen LogP contribution in [0.1, 0.15) is 54.0 Å². The molecule has 1 saturated carbocycles. The SMILES string of the molecule is O=C(NC12CCC(CC1)Cn1c2nc(C(=O)NCc2ccc(F)cc2)c(O)c1=O)C(=O)N1CCC1. The zero-order chi connectivity index (χ0) is 24.7. The summed E-state index contributed by atoms with van der Waals surface area (Å²) in [7, 11) is 0. The van der Waals surface area contributed by atoms with Gasteiger partial charge in [-0.2, -0.15) is 0 Å². The molecule has 0 spiro atoms. The van der Waals surface area contributed by atoms with Crippen LogP contribution < -0.4 is 16.2 Å². The Morgan fingerprint density at radius 3 is 2.46 bits per heavy atom. The molecular formula is C24H26FN5O5. The highest BCUT2D eigenvalue weighted by Crippen LogP contribution is 2.43. The van der Waals surface area contributed by atoms with Gasteiger partial charge in [0.15, 0.2) is 5.69 Å². The summed E-state index contributed by atoms with van der Waals surface area (Å²) in [5, 5.41) is 16.0. The van der Waals surface area contributed by atoms with E-state index < -0.39 is 46.1 Å². The van der Waals surface area contributed by atoms with Crippen molar-refractivity contribution in [2.45, 2.75) is 50.7 Å². The van der Waals surface area contributed by atoms with Crippen LogP contribution in [0.3, 0.4) is 0 Å². The van der Waals surface area contributed by atoms with Gasteiger partial charge < -0.3 is 20.6 Å². The largest absolute Gasteiger partial charge is 0.501 e. The predicted octanol–water partition coefficient (Wildman–Crippen LogP) is 0.766. The highest BCUT2D eigenvalue weighted by atomic mass is 19.1. The summed E-state index contributed by atoms with van der Waals surface area (Å²) in [6, 6.07) is 5.53. The standard InChI is InChI=1S/C24H26FN5O5/c25-16-4-2-14(3-5-16)12-26-19(32)17-18(31)21(34)30-13-15-6-8-24(9-7-15,23(30)27-17)28-20(33)22(35)29-10-1-11-29/h2-5,15,31H,1,6-13H2,(H,26,32)(H,28,33). The molecule has 3 amide bonds. The molecule has 184 valence electrons. The van der Waals surface area contributed by atoms with E-state index in [1.807, 2.05) is 0 Å². The van der Waals surface area contributed by atoms with Gasteiger partial charge in [0.2, 0.25) is 5.75 Å². The summed E-state index contributed by atoms with van der Waals surface area (Å²) in [6.45, 7) is 1.40. The Morgan fingerprint density at radius 1 is 1.14 bits per heavy atom. The van der Waals surface area contributed by atoms with Gasteiger partial charge in [0.25, 0.3) is 11.5 Å². The first-order valence-corrected chi connectivity index (χ1v) is 11.8. The molecule has 6 rings (SSSR count). The second-order valence-corrected chi connectivity index (χ2v) is 9.48. The Labute approximate surface area is 200 Å². The predicted molar refractivity (Wildman–Crippen MR) is 121 cm³/mol. The average molecular weight is 484 g/mol. The number of rotatable bonds is 4. The molecule has 2 bridgehead atoms. The Balaban J connectivity index is 1.47. The van der Waals surface area contributed by atoms with Crippen LogP contribution in [0.5, 0.6) is 5.75 Å². The molecule has 4 heterocycles. The van der Waals surface area contributed by atoms with Crippen LogP contribution in [0.4, 0.5) is 4.39 Å². The summed E-state index contributed by atoms with van der Waals surface area (Å²) >= 11 is 0. The number of halogens is 1. The van der Waals surface area contributed by atoms with E-state index in [0.717, 1.165) is 6.42 Å². The van der Waals surface area contributed by atoms with E-state index in [0.29, 0.717) is 50.9 Å². The summed E-state index contributed by atoms with van der Waals surface area (Å²) in [6.07, 6.45) is 3.18. The third kappa shape index (κ3) is 4.15. The van der Waals surface area contributed by atoms with Gasteiger partial charge >= 0.3 is 11.8 Å². The van der Waals surface area contributed by atoms with Crippen LogP contribution in [0.15, 0.2) is 29.1 Å². The number of fused-ring (bicyclic) bond motifs is 2. The monoisotopic (exact) mass is 483 g/mol. The van der Waals surface area contributed by atoms with Gasteiger partial charge in [-0.25, -0.2) is 9.37 Å². The van der Waals surface area contributed by atoms with Crippen molar-refractivity contribution >= 4 is 17.7 Å². The van der Waals surface area contributed by atoms with E-state index in [2.05, 4.69) is 15.6 Å². The normalized spacial score (nSPS) is 22.5. The molecule has 4 aliphatic rings. The van der Waals surface area contributed by atoms with Crippen LogP contribution in [0, 0.1) is 11.7 Å². The van der Waals surface area contributed by atoms with E-state index in [1.165, 1.54) is 33.7 Å². The lowest BCUT2D eigenvalue weighted by atomic mass is 9.77. The molecule has 3 aliphatic heterocycles. The number of carbonyl (C=O) groups excluding carboxylic acids is 3. The summed E-state index contributed by atoms with van der Waals surface area (Å²) in [5.41, 5.74) is -1.68. The van der Waals surface area contributed by atoms with Crippen LogP contribution in [-0.4, -0.2) is 50.4 Å². The van der Waals surface area contributed by atoms with Gasteiger partial charge in [-0.1, -0.05) is 12.1 Å². The molecule has 0 radical (unpaired) electrons. The van der Waals surface area contributed by atoms with Crippen LogP contribution in [0.25, 0.3) is 0 Å². The molecule has 1 aliphatic carbocycles. The molecule has 11 heteroatoms. The summed E-state index contributed by atoms with van der Waals surface area (Å²) in [4.78, 5) is 57.2. The second kappa shape index (κ2) is 8.79. The molecule has 1 aromatic carbocycles. The maximum absolute atomic E-state index is 13.1. The van der Waals surface area contributed by atoms with Crippen LogP contribution in [0.2, 0.25) is 0 Å². The number of aromatic hydroxyl groups is 1.